The molecule has 4 nitrogen and oxygen atoms in total. The van der Waals surface area contributed by atoms with Crippen molar-refractivity contribution >= 4 is 0 Å². The van der Waals surface area contributed by atoms with E-state index in [1.54, 1.807) is 0 Å². The van der Waals surface area contributed by atoms with Gasteiger partial charge < -0.3 is 14.6 Å². The SMILES string of the molecule is C=C(C)COc1cccc(CNCCCn2ccnc2)c1. The molecule has 0 bridgehead atoms. The van der Waals surface area contributed by atoms with Crippen LogP contribution in [-0.2, 0) is 13.1 Å². The summed E-state index contributed by atoms with van der Waals surface area (Å²) in [6, 6.07) is 8.18. The summed E-state index contributed by atoms with van der Waals surface area (Å²) in [5, 5.41) is 3.45. The fourth-order valence-corrected chi connectivity index (χ4v) is 1.99. The molecule has 0 aliphatic rings. The number of nitrogens with one attached hydrogen (secondary N) is 1. The molecule has 112 valence electrons. The molecule has 0 saturated carbocycles. The van der Waals surface area contributed by atoms with Gasteiger partial charge in [0.05, 0.1) is 6.33 Å². The van der Waals surface area contributed by atoms with E-state index in [1.807, 2.05) is 37.8 Å². The number of ether oxygens (including phenoxy) is 1. The van der Waals surface area contributed by atoms with Crippen LogP contribution in [0, 0.1) is 0 Å². The Morgan fingerprint density at radius 2 is 2.33 bits per heavy atom. The number of nitrogens with zero attached hydrogens (tertiary/aromatic N) is 2. The molecule has 0 atom stereocenters. The summed E-state index contributed by atoms with van der Waals surface area (Å²) in [4.78, 5) is 4.03. The summed E-state index contributed by atoms with van der Waals surface area (Å²) in [7, 11) is 0. The number of hydrogen-bond acceptors (Lipinski definition) is 3. The Morgan fingerprint density at radius 3 is 3.10 bits per heavy atom. The van der Waals surface area contributed by atoms with Crippen LogP contribution < -0.4 is 10.1 Å². The number of rotatable bonds is 9. The van der Waals surface area contributed by atoms with Crippen LogP contribution in [0.25, 0.3) is 0 Å². The Bertz CT molecular complexity index is 549. The van der Waals surface area contributed by atoms with Crippen molar-refractivity contribution in [3.05, 3.63) is 60.7 Å². The Morgan fingerprint density at radius 1 is 1.43 bits per heavy atom. The van der Waals surface area contributed by atoms with Gasteiger partial charge in [0.2, 0.25) is 0 Å². The quantitative estimate of drug-likeness (QED) is 0.568. The van der Waals surface area contributed by atoms with Gasteiger partial charge in [-0.05, 0) is 43.2 Å². The van der Waals surface area contributed by atoms with Gasteiger partial charge in [-0.1, -0.05) is 18.7 Å². The van der Waals surface area contributed by atoms with Crippen molar-refractivity contribution in [1.82, 2.24) is 14.9 Å². The topological polar surface area (TPSA) is 39.1 Å². The largest absolute Gasteiger partial charge is 0.489 e. The molecule has 0 aliphatic carbocycles. The van der Waals surface area contributed by atoms with Gasteiger partial charge in [-0.3, -0.25) is 0 Å². The normalized spacial score (nSPS) is 10.5. The number of aryl methyl sites for hydroxylation is 1. The molecule has 1 heterocycles. The first-order valence-corrected chi connectivity index (χ1v) is 7.26. The van der Waals surface area contributed by atoms with Gasteiger partial charge in [0.25, 0.3) is 0 Å². The van der Waals surface area contributed by atoms with Gasteiger partial charge in [0, 0.05) is 25.5 Å². The maximum atomic E-state index is 5.65. The van der Waals surface area contributed by atoms with Gasteiger partial charge in [0.15, 0.2) is 0 Å². The van der Waals surface area contributed by atoms with Crippen molar-refractivity contribution in [2.75, 3.05) is 13.2 Å². The molecule has 2 rings (SSSR count). The molecule has 1 N–H and O–H groups in total. The predicted octanol–water partition coefficient (Wildman–Crippen LogP) is 3.02. The van der Waals surface area contributed by atoms with E-state index in [2.05, 4.69) is 33.6 Å². The third kappa shape index (κ3) is 5.83. The number of aromatic nitrogens is 2. The van der Waals surface area contributed by atoms with E-state index >= 15 is 0 Å². The molecule has 0 spiro atoms. The van der Waals surface area contributed by atoms with Gasteiger partial charge in [0.1, 0.15) is 12.4 Å². The molecule has 2 aromatic rings. The first-order chi connectivity index (χ1) is 10.2. The molecular weight excluding hydrogens is 262 g/mol. The standard InChI is InChI=1S/C17H23N3O/c1-15(2)13-21-17-6-3-5-16(11-17)12-18-7-4-9-20-10-8-19-14-20/h3,5-6,8,10-11,14,18H,1,4,7,9,12-13H2,2H3. The Hall–Kier alpha value is -2.07. The molecule has 0 fully saturated rings. The summed E-state index contributed by atoms with van der Waals surface area (Å²) in [5.41, 5.74) is 2.26. The lowest BCUT2D eigenvalue weighted by Gasteiger charge is -2.09. The minimum Gasteiger partial charge on any atom is -0.489 e. The first-order valence-electron chi connectivity index (χ1n) is 7.26. The van der Waals surface area contributed by atoms with Crippen LogP contribution in [0.2, 0.25) is 0 Å². The van der Waals surface area contributed by atoms with Crippen LogP contribution >= 0.6 is 0 Å². The second-order valence-corrected chi connectivity index (χ2v) is 5.22. The summed E-state index contributed by atoms with van der Waals surface area (Å²) < 4.78 is 7.74. The van der Waals surface area contributed by atoms with E-state index < -0.39 is 0 Å². The zero-order chi connectivity index (χ0) is 14.9. The van der Waals surface area contributed by atoms with E-state index in [0.29, 0.717) is 6.61 Å². The van der Waals surface area contributed by atoms with Gasteiger partial charge in [-0.25, -0.2) is 4.98 Å². The highest BCUT2D eigenvalue weighted by molar-refractivity contribution is 5.28. The summed E-state index contributed by atoms with van der Waals surface area (Å²) in [6.45, 7) is 9.21. The van der Waals surface area contributed by atoms with Crippen LogP contribution in [0.15, 0.2) is 55.1 Å². The number of imidazole rings is 1. The van der Waals surface area contributed by atoms with Crippen LogP contribution in [-0.4, -0.2) is 22.7 Å². The van der Waals surface area contributed by atoms with Crippen molar-refractivity contribution in [2.45, 2.75) is 26.4 Å². The minimum absolute atomic E-state index is 0.571. The predicted molar refractivity (Wildman–Crippen MR) is 85.3 cm³/mol. The lowest BCUT2D eigenvalue weighted by Crippen LogP contribution is -2.16. The smallest absolute Gasteiger partial charge is 0.120 e. The third-order valence-electron chi connectivity index (χ3n) is 3.04. The minimum atomic E-state index is 0.571. The highest BCUT2D eigenvalue weighted by Crippen LogP contribution is 2.13. The highest BCUT2D eigenvalue weighted by atomic mass is 16.5. The van der Waals surface area contributed by atoms with Crippen LogP contribution in [0.3, 0.4) is 0 Å². The maximum Gasteiger partial charge on any atom is 0.120 e. The van der Waals surface area contributed by atoms with Gasteiger partial charge in [-0.15, -0.1) is 0 Å². The van der Waals surface area contributed by atoms with Crippen LogP contribution in [0.4, 0.5) is 0 Å². The van der Waals surface area contributed by atoms with Crippen molar-refractivity contribution in [1.29, 1.82) is 0 Å². The molecule has 0 saturated heterocycles. The lowest BCUT2D eigenvalue weighted by molar-refractivity contribution is 0.352. The number of benzene rings is 1. The summed E-state index contributed by atoms with van der Waals surface area (Å²) >= 11 is 0. The van der Waals surface area contributed by atoms with Gasteiger partial charge >= 0.3 is 0 Å². The van der Waals surface area contributed by atoms with E-state index in [9.17, 15) is 0 Å². The molecule has 1 aromatic heterocycles. The Balaban J connectivity index is 1.67. The second kappa shape index (κ2) is 8.27. The average Bonchev–Trinajstić information content (AvgIpc) is 2.98. The summed E-state index contributed by atoms with van der Waals surface area (Å²) in [6.07, 6.45) is 6.73. The molecule has 4 heteroatoms. The van der Waals surface area contributed by atoms with Crippen molar-refractivity contribution in [2.24, 2.45) is 0 Å². The zero-order valence-corrected chi connectivity index (χ0v) is 12.6. The van der Waals surface area contributed by atoms with Gasteiger partial charge in [-0.2, -0.15) is 0 Å². The fourth-order valence-electron chi connectivity index (χ4n) is 1.99. The second-order valence-electron chi connectivity index (χ2n) is 5.22. The Labute approximate surface area is 126 Å². The van der Waals surface area contributed by atoms with Crippen molar-refractivity contribution in [3.8, 4) is 5.75 Å². The third-order valence-corrected chi connectivity index (χ3v) is 3.04. The fraction of sp³-hybridized carbons (Fsp3) is 0.353. The maximum absolute atomic E-state index is 5.65. The molecule has 1 aromatic carbocycles. The average molecular weight is 285 g/mol. The molecule has 0 radical (unpaired) electrons. The summed E-state index contributed by atoms with van der Waals surface area (Å²) in [5.74, 6) is 0.899. The molecule has 0 unspecified atom stereocenters. The Kier molecular flexibility index (Phi) is 6.03. The van der Waals surface area contributed by atoms with E-state index in [1.165, 1.54) is 5.56 Å². The van der Waals surface area contributed by atoms with Crippen molar-refractivity contribution < 1.29 is 4.74 Å². The highest BCUT2D eigenvalue weighted by Gasteiger charge is 1.98. The van der Waals surface area contributed by atoms with E-state index in [-0.39, 0.29) is 0 Å². The molecular formula is C17H23N3O. The first kappa shape index (κ1) is 15.3. The van der Waals surface area contributed by atoms with E-state index in [4.69, 9.17) is 4.74 Å². The van der Waals surface area contributed by atoms with Crippen molar-refractivity contribution in [3.63, 3.8) is 0 Å². The monoisotopic (exact) mass is 285 g/mol. The molecule has 0 amide bonds. The zero-order valence-electron chi connectivity index (χ0n) is 12.6. The van der Waals surface area contributed by atoms with Crippen LogP contribution in [0.1, 0.15) is 18.9 Å². The lowest BCUT2D eigenvalue weighted by atomic mass is 10.2. The van der Waals surface area contributed by atoms with E-state index in [0.717, 1.165) is 37.4 Å². The molecule has 21 heavy (non-hydrogen) atoms. The number of hydrogen-bond donors (Lipinski definition) is 1. The van der Waals surface area contributed by atoms with Crippen LogP contribution in [0.5, 0.6) is 5.75 Å². The molecule has 0 aliphatic heterocycles.